The van der Waals surface area contributed by atoms with Crippen LogP contribution in [0, 0.1) is 0 Å². The summed E-state index contributed by atoms with van der Waals surface area (Å²) in [6.07, 6.45) is 3.13. The van der Waals surface area contributed by atoms with Gasteiger partial charge in [-0.3, -0.25) is 4.72 Å². The Morgan fingerprint density at radius 3 is 2.67 bits per heavy atom. The molecule has 0 aliphatic carbocycles. The summed E-state index contributed by atoms with van der Waals surface area (Å²) in [6.45, 7) is 1.29. The molecule has 0 radical (unpaired) electrons. The molecule has 0 rings (SSSR count). The van der Waals surface area contributed by atoms with Crippen molar-refractivity contribution in [3.05, 3.63) is 0 Å². The molecule has 0 aromatic rings. The number of hydrogen-bond acceptors (Lipinski definition) is 4. The average molecular weight is 167 g/mol. The Balaban J connectivity index is 2.60. The van der Waals surface area contributed by atoms with Gasteiger partial charge in [0.05, 0.1) is 0 Å². The highest BCUT2D eigenvalue weighted by Gasteiger charge is 1.85. The molecule has 2 nitrogen and oxygen atoms in total. The minimum Gasteiger partial charge on any atom is -0.396 e. The van der Waals surface area contributed by atoms with Gasteiger partial charge in [-0.05, 0) is 30.2 Å². The van der Waals surface area contributed by atoms with E-state index in [2.05, 4.69) is 16.4 Å². The third-order valence-corrected chi connectivity index (χ3v) is 1.72. The molecule has 0 fully saturated rings. The lowest BCUT2D eigenvalue weighted by molar-refractivity contribution is 0.283. The van der Waals surface area contributed by atoms with Crippen molar-refractivity contribution < 1.29 is 5.11 Å². The maximum atomic E-state index is 8.38. The zero-order valence-corrected chi connectivity index (χ0v) is 7.05. The summed E-state index contributed by atoms with van der Waals surface area (Å²) in [5, 5.41) is 8.38. The lowest BCUT2D eigenvalue weighted by Gasteiger charge is -1.97. The van der Waals surface area contributed by atoms with Gasteiger partial charge < -0.3 is 5.11 Å². The Kier molecular flexibility index (Phi) is 9.21. The highest BCUT2D eigenvalue weighted by Crippen LogP contribution is 1.98. The Morgan fingerprint density at radius 2 is 2.11 bits per heavy atom. The predicted molar refractivity (Wildman–Crippen MR) is 45.5 cm³/mol. The number of aliphatic hydroxyl groups excluding tert-OH is 1. The third-order valence-electron chi connectivity index (χ3n) is 1.00. The standard InChI is InChI=1S/C5H13NOS2/c7-5-3-1-2-4-6-9-8/h6-8H,1-5H2. The molecule has 0 spiro atoms. The normalized spacial score (nSPS) is 10.0. The Morgan fingerprint density at radius 1 is 1.33 bits per heavy atom. The average Bonchev–Trinajstić information content (AvgIpc) is 1.89. The molecule has 0 saturated carbocycles. The van der Waals surface area contributed by atoms with Crippen LogP contribution in [0.2, 0.25) is 0 Å². The summed E-state index contributed by atoms with van der Waals surface area (Å²) in [6, 6.07) is 0. The van der Waals surface area contributed by atoms with E-state index < -0.39 is 0 Å². The molecule has 56 valence electrons. The zero-order chi connectivity index (χ0) is 6.95. The molecule has 0 unspecified atom stereocenters. The highest BCUT2D eigenvalue weighted by atomic mass is 33.1. The molecule has 0 amide bonds. The predicted octanol–water partition coefficient (Wildman–Crippen LogP) is 1.23. The molecule has 0 saturated heterocycles. The van der Waals surface area contributed by atoms with E-state index in [1.54, 1.807) is 0 Å². The van der Waals surface area contributed by atoms with Gasteiger partial charge in [-0.25, -0.2) is 0 Å². The van der Waals surface area contributed by atoms with Gasteiger partial charge in [0.2, 0.25) is 0 Å². The van der Waals surface area contributed by atoms with Crippen molar-refractivity contribution >= 4 is 22.6 Å². The van der Waals surface area contributed by atoms with Gasteiger partial charge in [-0.2, -0.15) is 0 Å². The highest BCUT2D eigenvalue weighted by molar-refractivity contribution is 8.67. The number of nitrogens with one attached hydrogen (secondary N) is 1. The lowest BCUT2D eigenvalue weighted by Crippen LogP contribution is -2.02. The summed E-state index contributed by atoms with van der Waals surface area (Å²) >= 11 is 3.90. The fourth-order valence-electron chi connectivity index (χ4n) is 0.531. The maximum absolute atomic E-state index is 8.38. The summed E-state index contributed by atoms with van der Waals surface area (Å²) in [4.78, 5) is 0. The first kappa shape index (κ1) is 9.62. The van der Waals surface area contributed by atoms with Crippen molar-refractivity contribution in [2.24, 2.45) is 0 Å². The van der Waals surface area contributed by atoms with Gasteiger partial charge in [-0.15, -0.1) is 0 Å². The second-order valence-electron chi connectivity index (χ2n) is 1.77. The number of aliphatic hydroxyl groups is 1. The molecular formula is C5H13NOS2. The van der Waals surface area contributed by atoms with Crippen LogP contribution in [0.1, 0.15) is 19.3 Å². The molecule has 0 aliphatic heterocycles. The minimum atomic E-state index is 0.314. The lowest BCUT2D eigenvalue weighted by atomic mass is 10.2. The fourth-order valence-corrected chi connectivity index (χ4v) is 1.04. The molecule has 4 heteroatoms. The summed E-state index contributed by atoms with van der Waals surface area (Å²) in [5.74, 6) is 0. The largest absolute Gasteiger partial charge is 0.396 e. The quantitative estimate of drug-likeness (QED) is 0.241. The van der Waals surface area contributed by atoms with Gasteiger partial charge in [0.25, 0.3) is 0 Å². The third kappa shape index (κ3) is 8.62. The first-order valence-corrected chi connectivity index (χ1v) is 4.93. The smallest absolute Gasteiger partial charge is 0.0431 e. The Bertz CT molecular complexity index is 48.2. The maximum Gasteiger partial charge on any atom is 0.0431 e. The summed E-state index contributed by atoms with van der Waals surface area (Å²) < 4.78 is 3.01. The SMILES string of the molecule is OCCCCCNSS. The van der Waals surface area contributed by atoms with E-state index in [1.807, 2.05) is 0 Å². The molecule has 2 N–H and O–H groups in total. The number of unbranched alkanes of at least 4 members (excludes halogenated alkanes) is 2. The van der Waals surface area contributed by atoms with Gasteiger partial charge in [-0.1, -0.05) is 11.7 Å². The zero-order valence-electron chi connectivity index (χ0n) is 5.34. The van der Waals surface area contributed by atoms with Crippen molar-refractivity contribution in [2.75, 3.05) is 13.2 Å². The van der Waals surface area contributed by atoms with E-state index in [1.165, 1.54) is 11.0 Å². The van der Waals surface area contributed by atoms with Crippen LogP contribution >= 0.6 is 22.6 Å². The molecule has 0 bridgehead atoms. The molecule has 0 atom stereocenters. The molecular weight excluding hydrogens is 154 g/mol. The van der Waals surface area contributed by atoms with Gasteiger partial charge in [0.15, 0.2) is 0 Å². The van der Waals surface area contributed by atoms with E-state index in [4.69, 9.17) is 5.11 Å². The summed E-state index contributed by atoms with van der Waals surface area (Å²) in [5.41, 5.74) is 0. The Labute approximate surface area is 65.4 Å². The number of thiol groups is 1. The van der Waals surface area contributed by atoms with E-state index in [9.17, 15) is 0 Å². The summed E-state index contributed by atoms with van der Waals surface area (Å²) in [7, 11) is 1.34. The van der Waals surface area contributed by atoms with Crippen LogP contribution in [-0.4, -0.2) is 18.3 Å². The number of rotatable bonds is 6. The Hall–Kier alpha value is 0.620. The first-order valence-electron chi connectivity index (χ1n) is 3.06. The fraction of sp³-hybridized carbons (Fsp3) is 1.00. The van der Waals surface area contributed by atoms with Crippen LogP contribution in [0.25, 0.3) is 0 Å². The van der Waals surface area contributed by atoms with Crippen LogP contribution in [0.4, 0.5) is 0 Å². The van der Waals surface area contributed by atoms with Crippen molar-refractivity contribution in [1.29, 1.82) is 0 Å². The molecule has 0 aromatic carbocycles. The molecule has 0 aliphatic rings. The monoisotopic (exact) mass is 167 g/mol. The second kappa shape index (κ2) is 8.62. The molecule has 0 aromatic heterocycles. The van der Waals surface area contributed by atoms with E-state index >= 15 is 0 Å². The van der Waals surface area contributed by atoms with Crippen LogP contribution in [0.3, 0.4) is 0 Å². The van der Waals surface area contributed by atoms with Gasteiger partial charge >= 0.3 is 0 Å². The van der Waals surface area contributed by atoms with Crippen LogP contribution in [0.5, 0.6) is 0 Å². The topological polar surface area (TPSA) is 32.3 Å². The van der Waals surface area contributed by atoms with Gasteiger partial charge in [0, 0.05) is 13.2 Å². The van der Waals surface area contributed by atoms with E-state index in [-0.39, 0.29) is 0 Å². The number of hydrogen-bond donors (Lipinski definition) is 3. The van der Waals surface area contributed by atoms with Gasteiger partial charge in [0.1, 0.15) is 0 Å². The van der Waals surface area contributed by atoms with Crippen LogP contribution < -0.4 is 4.72 Å². The van der Waals surface area contributed by atoms with E-state index in [0.717, 1.165) is 25.8 Å². The first-order chi connectivity index (χ1) is 4.41. The molecule has 9 heavy (non-hydrogen) atoms. The van der Waals surface area contributed by atoms with Crippen LogP contribution in [0.15, 0.2) is 0 Å². The minimum absolute atomic E-state index is 0.314. The van der Waals surface area contributed by atoms with Crippen molar-refractivity contribution in [3.8, 4) is 0 Å². The van der Waals surface area contributed by atoms with E-state index in [0.29, 0.717) is 6.61 Å². The van der Waals surface area contributed by atoms with Crippen molar-refractivity contribution in [1.82, 2.24) is 4.72 Å². The second-order valence-corrected chi connectivity index (χ2v) is 2.79. The van der Waals surface area contributed by atoms with Crippen molar-refractivity contribution in [2.45, 2.75) is 19.3 Å². The van der Waals surface area contributed by atoms with Crippen LogP contribution in [-0.2, 0) is 0 Å². The molecule has 0 heterocycles. The van der Waals surface area contributed by atoms with Crippen molar-refractivity contribution in [3.63, 3.8) is 0 Å².